The second-order valence-electron chi connectivity index (χ2n) is 9.08. The van der Waals surface area contributed by atoms with E-state index in [2.05, 4.69) is 0 Å². The quantitative estimate of drug-likeness (QED) is 0.645. The van der Waals surface area contributed by atoms with Crippen LogP contribution in [0.15, 0.2) is 0 Å². The first-order valence-electron chi connectivity index (χ1n) is 9.23. The molecule has 7 fully saturated rings. The van der Waals surface area contributed by atoms with E-state index in [-0.39, 0.29) is 0 Å². The first kappa shape index (κ1) is 12.9. The maximum absolute atomic E-state index is 11.6. The van der Waals surface area contributed by atoms with Crippen LogP contribution in [0.5, 0.6) is 0 Å². The van der Waals surface area contributed by atoms with Gasteiger partial charge in [0.1, 0.15) is 5.78 Å². The minimum atomic E-state index is -0.536. The highest BCUT2D eigenvalue weighted by Gasteiger charge is 2.68. The van der Waals surface area contributed by atoms with Crippen molar-refractivity contribution in [1.82, 2.24) is 0 Å². The standard InChI is InChI=1S/C18H24O4/c19-16-6-12-8-17(9-13(12)7-16)20-18(22-21-17)14-2-10-1-11(4-14)5-15(18)3-10/h10-15H,1-9H2. The summed E-state index contributed by atoms with van der Waals surface area (Å²) in [6.07, 6.45) is 9.65. The molecule has 2 unspecified atom stereocenters. The number of hydrogen-bond donors (Lipinski definition) is 0. The van der Waals surface area contributed by atoms with Crippen molar-refractivity contribution in [2.75, 3.05) is 0 Å². The molecule has 7 aliphatic rings. The van der Waals surface area contributed by atoms with Crippen molar-refractivity contribution in [3.05, 3.63) is 0 Å². The first-order chi connectivity index (χ1) is 10.6. The van der Waals surface area contributed by atoms with E-state index in [1.165, 1.54) is 32.1 Å². The smallest absolute Gasteiger partial charge is 0.210 e. The van der Waals surface area contributed by atoms with Gasteiger partial charge in [0.15, 0.2) is 0 Å². The summed E-state index contributed by atoms with van der Waals surface area (Å²) >= 11 is 0. The summed E-state index contributed by atoms with van der Waals surface area (Å²) in [4.78, 5) is 23.6. The van der Waals surface area contributed by atoms with E-state index in [1.807, 2.05) is 0 Å². The summed E-state index contributed by atoms with van der Waals surface area (Å²) in [5, 5.41) is 0. The van der Waals surface area contributed by atoms with Crippen molar-refractivity contribution >= 4 is 5.78 Å². The normalized spacial score (nSPS) is 61.7. The van der Waals surface area contributed by atoms with E-state index in [1.54, 1.807) is 0 Å². The Hall–Kier alpha value is -0.450. The maximum Gasteiger partial charge on any atom is 0.210 e. The second kappa shape index (κ2) is 3.96. The fourth-order valence-electron chi connectivity index (χ4n) is 7.12. The van der Waals surface area contributed by atoms with Crippen LogP contribution in [0.2, 0.25) is 0 Å². The lowest BCUT2D eigenvalue weighted by Crippen LogP contribution is -2.59. The molecule has 1 heterocycles. The predicted molar refractivity (Wildman–Crippen MR) is 76.2 cm³/mol. The van der Waals surface area contributed by atoms with Crippen molar-refractivity contribution < 1.29 is 19.3 Å². The molecule has 0 aromatic rings. The minimum absolute atomic E-state index is 0.424. The van der Waals surface area contributed by atoms with Gasteiger partial charge >= 0.3 is 0 Å². The summed E-state index contributed by atoms with van der Waals surface area (Å²) in [6.45, 7) is 0. The fourth-order valence-corrected chi connectivity index (χ4v) is 7.12. The molecule has 0 aromatic heterocycles. The third-order valence-corrected chi connectivity index (χ3v) is 7.74. The summed E-state index contributed by atoms with van der Waals surface area (Å²) in [6, 6.07) is 0. The minimum Gasteiger partial charge on any atom is -0.312 e. The lowest BCUT2D eigenvalue weighted by molar-refractivity contribution is -0.388. The zero-order valence-corrected chi connectivity index (χ0v) is 13.0. The van der Waals surface area contributed by atoms with Crippen LogP contribution in [0.3, 0.4) is 0 Å². The number of Topliss-reactive ketones (excluding diaryl/α,β-unsaturated/α-hetero) is 1. The molecular weight excluding hydrogens is 280 g/mol. The Morgan fingerprint density at radius 3 is 2.00 bits per heavy atom. The Morgan fingerprint density at radius 2 is 1.41 bits per heavy atom. The number of ketones is 1. The molecule has 0 radical (unpaired) electrons. The zero-order chi connectivity index (χ0) is 14.5. The molecular formula is C18H24O4. The number of fused-ring (bicyclic) bond motifs is 1. The van der Waals surface area contributed by atoms with Crippen LogP contribution in [-0.2, 0) is 19.3 Å². The molecule has 1 saturated heterocycles. The van der Waals surface area contributed by atoms with Crippen LogP contribution in [0.4, 0.5) is 0 Å². The van der Waals surface area contributed by atoms with Gasteiger partial charge in [-0.1, -0.05) is 0 Å². The zero-order valence-electron chi connectivity index (χ0n) is 13.0. The largest absolute Gasteiger partial charge is 0.312 e. The van der Waals surface area contributed by atoms with Crippen LogP contribution in [0, 0.1) is 35.5 Å². The van der Waals surface area contributed by atoms with Crippen molar-refractivity contribution in [3.8, 4) is 0 Å². The average molecular weight is 304 g/mol. The molecule has 0 amide bonds. The first-order valence-corrected chi connectivity index (χ1v) is 9.23. The van der Waals surface area contributed by atoms with Crippen molar-refractivity contribution in [2.45, 2.75) is 69.4 Å². The van der Waals surface area contributed by atoms with Gasteiger partial charge in [-0.05, 0) is 55.8 Å². The van der Waals surface area contributed by atoms with Gasteiger partial charge in [0.05, 0.1) is 0 Å². The molecule has 22 heavy (non-hydrogen) atoms. The maximum atomic E-state index is 11.6. The molecule has 2 atom stereocenters. The van der Waals surface area contributed by atoms with Gasteiger partial charge in [-0.2, -0.15) is 9.78 Å². The van der Waals surface area contributed by atoms with E-state index in [0.29, 0.717) is 29.5 Å². The highest BCUT2D eigenvalue weighted by molar-refractivity contribution is 5.81. The molecule has 1 aliphatic heterocycles. The van der Waals surface area contributed by atoms with Crippen molar-refractivity contribution in [2.24, 2.45) is 35.5 Å². The lowest BCUT2D eigenvalue weighted by Gasteiger charge is -2.57. The molecule has 0 N–H and O–H groups in total. The monoisotopic (exact) mass is 304 g/mol. The van der Waals surface area contributed by atoms with E-state index in [4.69, 9.17) is 14.5 Å². The van der Waals surface area contributed by atoms with Gasteiger partial charge in [0, 0.05) is 37.5 Å². The molecule has 4 heteroatoms. The van der Waals surface area contributed by atoms with Crippen LogP contribution < -0.4 is 0 Å². The highest BCUT2D eigenvalue weighted by atomic mass is 17.3. The number of carbonyl (C=O) groups excluding carboxylic acids is 1. The van der Waals surface area contributed by atoms with Crippen LogP contribution >= 0.6 is 0 Å². The molecule has 4 bridgehead atoms. The predicted octanol–water partition coefficient (Wildman–Crippen LogP) is 3.20. The Morgan fingerprint density at radius 1 is 0.818 bits per heavy atom. The van der Waals surface area contributed by atoms with Crippen molar-refractivity contribution in [1.29, 1.82) is 0 Å². The van der Waals surface area contributed by atoms with Gasteiger partial charge < -0.3 is 4.74 Å². The third kappa shape index (κ3) is 1.52. The van der Waals surface area contributed by atoms with Gasteiger partial charge in [-0.15, -0.1) is 0 Å². The van der Waals surface area contributed by atoms with Crippen LogP contribution in [-0.4, -0.2) is 17.4 Å². The summed E-state index contributed by atoms with van der Waals surface area (Å²) < 4.78 is 6.69. The van der Waals surface area contributed by atoms with E-state index in [0.717, 1.165) is 37.5 Å². The van der Waals surface area contributed by atoms with Crippen LogP contribution in [0.25, 0.3) is 0 Å². The Balaban J connectivity index is 1.29. The Kier molecular flexibility index (Phi) is 2.32. The highest BCUT2D eigenvalue weighted by Crippen LogP contribution is 2.65. The van der Waals surface area contributed by atoms with Gasteiger partial charge in [-0.25, -0.2) is 0 Å². The summed E-state index contributed by atoms with van der Waals surface area (Å²) in [7, 11) is 0. The van der Waals surface area contributed by atoms with Gasteiger partial charge in [0.2, 0.25) is 11.6 Å². The van der Waals surface area contributed by atoms with E-state index in [9.17, 15) is 4.79 Å². The number of hydrogen-bond acceptors (Lipinski definition) is 4. The molecule has 6 saturated carbocycles. The van der Waals surface area contributed by atoms with Crippen molar-refractivity contribution in [3.63, 3.8) is 0 Å². The Labute approximate surface area is 130 Å². The molecule has 4 nitrogen and oxygen atoms in total. The molecule has 7 rings (SSSR count). The summed E-state index contributed by atoms with van der Waals surface area (Å²) in [5.74, 6) is 3.23. The lowest BCUT2D eigenvalue weighted by atomic mass is 9.53. The van der Waals surface area contributed by atoms with E-state index < -0.39 is 11.6 Å². The molecule has 2 spiro atoms. The second-order valence-corrected chi connectivity index (χ2v) is 9.08. The number of carbonyl (C=O) groups is 1. The SMILES string of the molecule is O=C1CC2CC3(CC2C1)OOC1(O3)C2CC3CC(C2)CC1C3. The Bertz CT molecular complexity index is 497. The molecule has 120 valence electrons. The van der Waals surface area contributed by atoms with Crippen LogP contribution in [0.1, 0.15) is 57.8 Å². The van der Waals surface area contributed by atoms with E-state index >= 15 is 0 Å². The number of rotatable bonds is 0. The topological polar surface area (TPSA) is 44.8 Å². The summed E-state index contributed by atoms with van der Waals surface area (Å²) in [5.41, 5.74) is 0. The van der Waals surface area contributed by atoms with Gasteiger partial charge in [0.25, 0.3) is 0 Å². The number of ether oxygens (including phenoxy) is 1. The van der Waals surface area contributed by atoms with Gasteiger partial charge in [-0.3, -0.25) is 4.79 Å². The molecule has 6 aliphatic carbocycles. The third-order valence-electron chi connectivity index (χ3n) is 7.74. The average Bonchev–Trinajstić information content (AvgIpc) is 3.08. The molecule has 0 aromatic carbocycles. The fraction of sp³-hybridized carbons (Fsp3) is 0.944.